The van der Waals surface area contributed by atoms with Gasteiger partial charge >= 0.3 is 5.97 Å². The van der Waals surface area contributed by atoms with E-state index in [0.717, 1.165) is 20.9 Å². The van der Waals surface area contributed by atoms with Crippen LogP contribution in [-0.4, -0.2) is 20.6 Å². The summed E-state index contributed by atoms with van der Waals surface area (Å²) in [6.45, 7) is 0. The van der Waals surface area contributed by atoms with Gasteiger partial charge in [0.2, 0.25) is 0 Å². The predicted octanol–water partition coefficient (Wildman–Crippen LogP) is 4.99. The number of benzene rings is 2. The molecule has 4 rings (SSSR count). The summed E-state index contributed by atoms with van der Waals surface area (Å²) in [6, 6.07) is 11.4. The quantitative estimate of drug-likeness (QED) is 0.517. The lowest BCUT2D eigenvalue weighted by Gasteiger charge is -2.07. The number of aromatic carboxylic acids is 1. The second-order valence-electron chi connectivity index (χ2n) is 5.84. The number of pyridine rings is 1. The number of halogens is 2. The molecule has 0 spiro atoms. The van der Waals surface area contributed by atoms with Crippen molar-refractivity contribution < 1.29 is 14.3 Å². The first-order chi connectivity index (χ1) is 11.9. The fourth-order valence-electron chi connectivity index (χ4n) is 3.08. The molecule has 4 aromatic rings. The number of hydrogen-bond donors (Lipinski definition) is 1. The maximum atomic E-state index is 13.6. The fraction of sp³-hybridized carbons (Fsp3) is 0.0526. The second-order valence-corrected chi connectivity index (χ2v) is 6.75. The molecule has 0 unspecified atom stereocenters. The van der Waals surface area contributed by atoms with Crippen LogP contribution in [0.3, 0.4) is 0 Å². The summed E-state index contributed by atoms with van der Waals surface area (Å²) in [4.78, 5) is 16.2. The van der Waals surface area contributed by atoms with Crippen molar-refractivity contribution in [1.29, 1.82) is 0 Å². The smallest absolute Gasteiger partial charge is 0.336 e. The minimum Gasteiger partial charge on any atom is -0.478 e. The fourth-order valence-corrected chi connectivity index (χ4v) is 3.45. The van der Waals surface area contributed by atoms with E-state index < -0.39 is 11.8 Å². The second kappa shape index (κ2) is 5.67. The zero-order chi connectivity index (χ0) is 17.7. The molecule has 0 saturated carbocycles. The molecule has 25 heavy (non-hydrogen) atoms. The van der Waals surface area contributed by atoms with Gasteiger partial charge < -0.3 is 9.67 Å². The van der Waals surface area contributed by atoms with E-state index in [0.29, 0.717) is 16.6 Å². The van der Waals surface area contributed by atoms with Gasteiger partial charge in [-0.25, -0.2) is 14.2 Å². The van der Waals surface area contributed by atoms with Gasteiger partial charge in [-0.05, 0) is 36.4 Å². The van der Waals surface area contributed by atoms with Gasteiger partial charge in [0, 0.05) is 45.6 Å². The predicted molar refractivity (Wildman–Crippen MR) is 98.3 cm³/mol. The number of rotatable bonds is 2. The summed E-state index contributed by atoms with van der Waals surface area (Å²) < 4.78 is 16.5. The Balaban J connectivity index is 2.08. The Kier molecular flexibility index (Phi) is 3.58. The highest BCUT2D eigenvalue weighted by atomic mass is 79.9. The number of hydrogen-bond acceptors (Lipinski definition) is 2. The average Bonchev–Trinajstić information content (AvgIpc) is 2.89. The van der Waals surface area contributed by atoms with Crippen LogP contribution in [0.4, 0.5) is 4.39 Å². The molecule has 0 fully saturated rings. The Labute approximate surface area is 150 Å². The summed E-state index contributed by atoms with van der Waals surface area (Å²) >= 11 is 3.46. The van der Waals surface area contributed by atoms with Gasteiger partial charge in [0.05, 0.1) is 16.8 Å². The van der Waals surface area contributed by atoms with Gasteiger partial charge in [0.25, 0.3) is 0 Å². The zero-order valence-corrected chi connectivity index (χ0v) is 14.7. The number of aromatic nitrogens is 2. The molecular weight excluding hydrogens is 387 g/mol. The van der Waals surface area contributed by atoms with E-state index in [1.54, 1.807) is 0 Å². The number of aryl methyl sites for hydroxylation is 1. The van der Waals surface area contributed by atoms with Crippen molar-refractivity contribution >= 4 is 43.7 Å². The standard InChI is InChI=1S/C19H12BrFN2O2/c1-23-9-15(13-6-10(20)2-5-18(13)23)17-8-14(19(24)25)12-4-3-11(21)7-16(12)22-17/h2-9H,1H3,(H,24,25). The normalized spacial score (nSPS) is 11.3. The van der Waals surface area contributed by atoms with E-state index in [2.05, 4.69) is 20.9 Å². The Morgan fingerprint density at radius 2 is 1.96 bits per heavy atom. The Morgan fingerprint density at radius 3 is 2.72 bits per heavy atom. The molecule has 4 nitrogen and oxygen atoms in total. The number of nitrogens with zero attached hydrogens (tertiary/aromatic N) is 2. The molecule has 2 aromatic heterocycles. The monoisotopic (exact) mass is 398 g/mol. The van der Waals surface area contributed by atoms with Crippen molar-refractivity contribution in [3.8, 4) is 11.3 Å². The molecule has 0 aliphatic carbocycles. The number of carbonyl (C=O) groups is 1. The molecule has 2 aromatic carbocycles. The molecule has 124 valence electrons. The van der Waals surface area contributed by atoms with Crippen molar-refractivity contribution in [2.45, 2.75) is 0 Å². The van der Waals surface area contributed by atoms with E-state index in [-0.39, 0.29) is 5.56 Å². The van der Waals surface area contributed by atoms with Crippen LogP contribution in [0.1, 0.15) is 10.4 Å². The molecule has 1 N–H and O–H groups in total. The van der Waals surface area contributed by atoms with Gasteiger partial charge in [-0.3, -0.25) is 0 Å². The van der Waals surface area contributed by atoms with Gasteiger partial charge in [-0.2, -0.15) is 0 Å². The van der Waals surface area contributed by atoms with Crippen LogP contribution >= 0.6 is 15.9 Å². The third-order valence-corrected chi connectivity index (χ3v) is 4.72. The largest absolute Gasteiger partial charge is 0.478 e. The summed E-state index contributed by atoms with van der Waals surface area (Å²) in [7, 11) is 1.92. The van der Waals surface area contributed by atoms with E-state index >= 15 is 0 Å². The molecule has 0 amide bonds. The summed E-state index contributed by atoms with van der Waals surface area (Å²) in [5.74, 6) is -1.52. The van der Waals surface area contributed by atoms with Crippen molar-refractivity contribution in [1.82, 2.24) is 9.55 Å². The molecule has 0 radical (unpaired) electrons. The van der Waals surface area contributed by atoms with E-state index in [9.17, 15) is 14.3 Å². The van der Waals surface area contributed by atoms with Crippen LogP contribution in [0, 0.1) is 5.82 Å². The van der Waals surface area contributed by atoms with Gasteiger partial charge in [-0.1, -0.05) is 15.9 Å². The lowest BCUT2D eigenvalue weighted by Crippen LogP contribution is -2.00. The molecular formula is C19H12BrFN2O2. The van der Waals surface area contributed by atoms with Crippen molar-refractivity contribution in [3.63, 3.8) is 0 Å². The van der Waals surface area contributed by atoms with E-state index in [1.165, 1.54) is 24.3 Å². The Hall–Kier alpha value is -2.73. The maximum absolute atomic E-state index is 13.6. The minimum absolute atomic E-state index is 0.104. The van der Waals surface area contributed by atoms with Crippen molar-refractivity contribution in [2.75, 3.05) is 0 Å². The number of fused-ring (bicyclic) bond motifs is 2. The van der Waals surface area contributed by atoms with E-state index in [1.807, 2.05) is 36.0 Å². The summed E-state index contributed by atoms with van der Waals surface area (Å²) in [5.41, 5.74) is 2.72. The highest BCUT2D eigenvalue weighted by Crippen LogP contribution is 2.33. The maximum Gasteiger partial charge on any atom is 0.336 e. The SMILES string of the molecule is Cn1cc(-c2cc(C(=O)O)c3ccc(F)cc3n2)c2cc(Br)ccc21. The topological polar surface area (TPSA) is 55.1 Å². The van der Waals surface area contributed by atoms with Crippen LogP contribution < -0.4 is 0 Å². The van der Waals surface area contributed by atoms with Crippen molar-refractivity contribution in [2.24, 2.45) is 7.05 Å². The summed E-state index contributed by atoms with van der Waals surface area (Å²) in [5, 5.41) is 10.9. The first-order valence-corrected chi connectivity index (χ1v) is 8.32. The minimum atomic E-state index is -1.07. The van der Waals surface area contributed by atoms with Crippen LogP contribution in [0.15, 0.2) is 53.1 Å². The Bertz CT molecular complexity index is 1170. The molecule has 0 saturated heterocycles. The lowest BCUT2D eigenvalue weighted by atomic mass is 10.0. The van der Waals surface area contributed by atoms with Crippen LogP contribution in [0.2, 0.25) is 0 Å². The van der Waals surface area contributed by atoms with Crippen LogP contribution in [-0.2, 0) is 7.05 Å². The summed E-state index contributed by atoms with van der Waals surface area (Å²) in [6.07, 6.45) is 1.90. The highest BCUT2D eigenvalue weighted by Gasteiger charge is 2.16. The van der Waals surface area contributed by atoms with Crippen LogP contribution in [0.25, 0.3) is 33.1 Å². The zero-order valence-electron chi connectivity index (χ0n) is 13.1. The van der Waals surface area contributed by atoms with E-state index in [4.69, 9.17) is 0 Å². The molecule has 2 heterocycles. The van der Waals surface area contributed by atoms with Crippen LogP contribution in [0.5, 0.6) is 0 Å². The van der Waals surface area contributed by atoms with Gasteiger partial charge in [0.15, 0.2) is 0 Å². The molecule has 0 bridgehead atoms. The molecule has 0 aliphatic heterocycles. The third-order valence-electron chi connectivity index (χ3n) is 4.23. The van der Waals surface area contributed by atoms with Crippen molar-refractivity contribution in [3.05, 3.63) is 64.5 Å². The first-order valence-electron chi connectivity index (χ1n) is 7.52. The first kappa shape index (κ1) is 15.8. The lowest BCUT2D eigenvalue weighted by molar-refractivity contribution is 0.0699. The highest BCUT2D eigenvalue weighted by molar-refractivity contribution is 9.10. The van der Waals surface area contributed by atoms with Gasteiger partial charge in [-0.15, -0.1) is 0 Å². The molecule has 0 aliphatic rings. The van der Waals surface area contributed by atoms with Gasteiger partial charge in [0.1, 0.15) is 5.82 Å². The molecule has 0 atom stereocenters. The average molecular weight is 399 g/mol. The molecule has 6 heteroatoms. The number of carboxylic acid groups (broad SMARTS) is 1. The Morgan fingerprint density at radius 1 is 1.16 bits per heavy atom. The number of carboxylic acids is 1. The third kappa shape index (κ3) is 2.59.